The van der Waals surface area contributed by atoms with Crippen molar-refractivity contribution in [3.63, 3.8) is 0 Å². The molecule has 0 heterocycles. The summed E-state index contributed by atoms with van der Waals surface area (Å²) in [7, 11) is 0. The molecule has 0 fully saturated rings. The molecule has 2 aliphatic carbocycles. The van der Waals surface area contributed by atoms with Gasteiger partial charge >= 0.3 is 0 Å². The maximum absolute atomic E-state index is 10.8. The molecule has 3 unspecified atom stereocenters. The lowest BCUT2D eigenvalue weighted by atomic mass is 9.63. The van der Waals surface area contributed by atoms with E-state index in [4.69, 9.17) is 0 Å². The Hall–Kier alpha value is -1.34. The van der Waals surface area contributed by atoms with Gasteiger partial charge in [-0.1, -0.05) is 38.9 Å². The van der Waals surface area contributed by atoms with Gasteiger partial charge in [0.25, 0.3) is 0 Å². The molecule has 0 spiro atoms. The summed E-state index contributed by atoms with van der Waals surface area (Å²) in [5.41, 5.74) is 3.72. The summed E-state index contributed by atoms with van der Waals surface area (Å²) in [6, 6.07) is 6.18. The summed E-state index contributed by atoms with van der Waals surface area (Å²) in [6.07, 6.45) is 0. The first-order valence-electron chi connectivity index (χ1n) is 7.00. The number of hydrogen-bond donors (Lipinski definition) is 1. The third-order valence-corrected chi connectivity index (χ3v) is 4.67. The van der Waals surface area contributed by atoms with Crippen LogP contribution in [0.5, 0.6) is 0 Å². The van der Waals surface area contributed by atoms with E-state index in [1.807, 2.05) is 12.1 Å². The monoisotopic (exact) mass is 288 g/mol. The average Bonchev–Trinajstić information content (AvgIpc) is 2.44. The van der Waals surface area contributed by atoms with Gasteiger partial charge in [0.1, 0.15) is 0 Å². The Balaban J connectivity index is 2.69. The van der Waals surface area contributed by atoms with Gasteiger partial charge in [-0.3, -0.25) is 0 Å². The molecule has 0 amide bonds. The van der Waals surface area contributed by atoms with Crippen molar-refractivity contribution in [1.29, 1.82) is 5.26 Å². The molecule has 106 valence electrons. The number of nitriles is 1. The van der Waals surface area contributed by atoms with Crippen molar-refractivity contribution < 1.29 is 0 Å². The van der Waals surface area contributed by atoms with E-state index in [1.54, 1.807) is 0 Å². The summed E-state index contributed by atoms with van der Waals surface area (Å²) in [5, 5.41) is 11.7. The molecule has 0 N–H and O–H groups in total. The predicted octanol–water partition coefficient (Wildman–Crippen LogP) is 4.75. The van der Waals surface area contributed by atoms with Crippen LogP contribution < -0.4 is 0 Å². The molecule has 2 bridgehead atoms. The first kappa shape index (κ1) is 15.1. The molecule has 3 atom stereocenters. The van der Waals surface area contributed by atoms with Gasteiger partial charge in [0, 0.05) is 0 Å². The minimum absolute atomic E-state index is 0.332. The van der Waals surface area contributed by atoms with Gasteiger partial charge in [0.15, 0.2) is 5.37 Å². The molecule has 1 aromatic carbocycles. The number of thiol groups is 1. The van der Waals surface area contributed by atoms with E-state index in [2.05, 4.69) is 51.6 Å². The van der Waals surface area contributed by atoms with Gasteiger partial charge in [-0.2, -0.15) is 5.26 Å². The molecule has 0 saturated heterocycles. The van der Waals surface area contributed by atoms with Crippen molar-refractivity contribution >= 4 is 12.6 Å². The first-order chi connectivity index (χ1) is 9.42. The highest BCUT2D eigenvalue weighted by Gasteiger charge is 2.39. The molecule has 0 radical (unpaired) electrons. The summed E-state index contributed by atoms with van der Waals surface area (Å²) >= 11 is 4.26. The number of nitrogens with zero attached hydrogens (tertiary/aromatic N) is 2. The van der Waals surface area contributed by atoms with Crippen LogP contribution in [0.3, 0.4) is 0 Å². The van der Waals surface area contributed by atoms with Crippen molar-refractivity contribution in [2.24, 2.45) is 17.0 Å². The van der Waals surface area contributed by atoms with Crippen molar-refractivity contribution in [3.05, 3.63) is 39.3 Å². The number of fused-ring (bicyclic) bond motifs is 3. The zero-order valence-electron chi connectivity index (χ0n) is 12.3. The van der Waals surface area contributed by atoms with Crippen molar-refractivity contribution in [2.45, 2.75) is 44.9 Å². The Labute approximate surface area is 125 Å². The van der Waals surface area contributed by atoms with Crippen LogP contribution in [0.15, 0.2) is 17.3 Å². The molecule has 0 aliphatic heterocycles. The molecular formula is C16H20N2OS. The fourth-order valence-electron chi connectivity index (χ4n) is 3.53. The maximum Gasteiger partial charge on any atom is 0.160 e. The number of rotatable bonds is 4. The average molecular weight is 288 g/mol. The molecule has 1 aromatic rings. The quantitative estimate of drug-likeness (QED) is 0.642. The molecule has 3 nitrogen and oxygen atoms in total. The van der Waals surface area contributed by atoms with Crippen LogP contribution in [-0.2, 0) is 0 Å². The van der Waals surface area contributed by atoms with E-state index in [0.717, 1.165) is 22.3 Å². The smallest absolute Gasteiger partial charge is 0.160 e. The van der Waals surface area contributed by atoms with Crippen molar-refractivity contribution in [3.8, 4) is 6.07 Å². The van der Waals surface area contributed by atoms with Crippen molar-refractivity contribution in [1.82, 2.24) is 0 Å². The van der Waals surface area contributed by atoms with Gasteiger partial charge in [-0.05, 0) is 46.4 Å². The zero-order valence-corrected chi connectivity index (χ0v) is 13.2. The molecule has 0 aromatic heterocycles. The van der Waals surface area contributed by atoms with E-state index in [-0.39, 0.29) is 0 Å². The maximum atomic E-state index is 10.8. The second-order valence-corrected chi connectivity index (χ2v) is 6.69. The van der Waals surface area contributed by atoms with E-state index < -0.39 is 5.37 Å². The van der Waals surface area contributed by atoms with Crippen LogP contribution in [0.25, 0.3) is 0 Å². The Kier molecular flexibility index (Phi) is 4.19. The Bertz CT molecular complexity index is 575. The largest absolute Gasteiger partial charge is 0.192 e. The van der Waals surface area contributed by atoms with E-state index >= 15 is 0 Å². The number of hydrogen-bond acceptors (Lipinski definition) is 4. The minimum atomic E-state index is -0.647. The van der Waals surface area contributed by atoms with Crippen molar-refractivity contribution in [2.75, 3.05) is 0 Å². The lowest BCUT2D eigenvalue weighted by Gasteiger charge is -2.41. The molecule has 0 saturated carbocycles. The topological polar surface area (TPSA) is 53.2 Å². The normalized spacial score (nSPS) is 22.1. The van der Waals surface area contributed by atoms with Gasteiger partial charge in [-0.15, -0.1) is 17.5 Å². The Morgan fingerprint density at radius 1 is 1.15 bits per heavy atom. The van der Waals surface area contributed by atoms with Gasteiger partial charge in [-0.25, -0.2) is 0 Å². The lowest BCUT2D eigenvalue weighted by Crippen LogP contribution is -2.28. The predicted molar refractivity (Wildman–Crippen MR) is 83.8 cm³/mol. The second kappa shape index (κ2) is 5.57. The lowest BCUT2D eigenvalue weighted by molar-refractivity contribution is 0.336. The second-order valence-electron chi connectivity index (χ2n) is 6.20. The molecule has 20 heavy (non-hydrogen) atoms. The van der Waals surface area contributed by atoms with Crippen LogP contribution in [0, 0.1) is 28.1 Å². The third-order valence-electron chi connectivity index (χ3n) is 4.30. The molecular weight excluding hydrogens is 268 g/mol. The van der Waals surface area contributed by atoms with E-state index in [1.165, 1.54) is 0 Å². The highest BCUT2D eigenvalue weighted by Crippen LogP contribution is 2.52. The summed E-state index contributed by atoms with van der Waals surface area (Å²) < 4.78 is 0. The fourth-order valence-corrected chi connectivity index (χ4v) is 3.75. The minimum Gasteiger partial charge on any atom is -0.192 e. The summed E-state index contributed by atoms with van der Waals surface area (Å²) in [6.45, 7) is 8.75. The SMILES string of the molecule is CC(C)C1c2cc(C(S)N=O)c(cc2C#N)C1C(C)C. The molecule has 2 aliphatic rings. The Morgan fingerprint density at radius 3 is 2.15 bits per heavy atom. The first-order valence-corrected chi connectivity index (χ1v) is 7.52. The standard InChI is InChI=1S/C16H20N2OS/c1-8(2)14-11-6-13(16(20)18-19)12(5-10(11)7-17)15(14)9(3)4/h5-6,8-9,14-16,20H,1-4H3. The zero-order chi connectivity index (χ0) is 15.0. The van der Waals surface area contributed by atoms with Gasteiger partial charge < -0.3 is 0 Å². The molecule has 3 rings (SSSR count). The number of benzene rings is 1. The summed E-state index contributed by atoms with van der Waals surface area (Å²) in [4.78, 5) is 10.8. The number of nitroso groups, excluding NO2 is 1. The third kappa shape index (κ3) is 2.25. The van der Waals surface area contributed by atoms with Crippen LogP contribution in [0.4, 0.5) is 0 Å². The van der Waals surface area contributed by atoms with Crippen LogP contribution in [0.1, 0.15) is 67.2 Å². The van der Waals surface area contributed by atoms with E-state index in [0.29, 0.717) is 23.7 Å². The fraction of sp³-hybridized carbons (Fsp3) is 0.562. The highest BCUT2D eigenvalue weighted by molar-refractivity contribution is 7.80. The van der Waals surface area contributed by atoms with Crippen LogP contribution in [-0.4, -0.2) is 0 Å². The van der Waals surface area contributed by atoms with Crippen LogP contribution in [0.2, 0.25) is 0 Å². The Morgan fingerprint density at radius 2 is 1.70 bits per heavy atom. The van der Waals surface area contributed by atoms with E-state index in [9.17, 15) is 10.2 Å². The van der Waals surface area contributed by atoms with Gasteiger partial charge in [0.05, 0.1) is 11.6 Å². The van der Waals surface area contributed by atoms with Gasteiger partial charge in [0.2, 0.25) is 0 Å². The van der Waals surface area contributed by atoms with Crippen LogP contribution >= 0.6 is 12.6 Å². The highest BCUT2D eigenvalue weighted by atomic mass is 32.1. The summed E-state index contributed by atoms with van der Waals surface area (Å²) in [5.74, 6) is 1.56. The molecule has 4 heteroatoms.